The van der Waals surface area contributed by atoms with Crippen molar-refractivity contribution < 1.29 is 0 Å². The number of rotatable bonds is 8. The molecule has 0 saturated heterocycles. The van der Waals surface area contributed by atoms with Gasteiger partial charge in [-0.3, -0.25) is 0 Å². The summed E-state index contributed by atoms with van der Waals surface area (Å²) in [6.07, 6.45) is 9.73. The van der Waals surface area contributed by atoms with Crippen LogP contribution in [0.3, 0.4) is 0 Å². The molecule has 0 N–H and O–H groups in total. The molecular formula is C10H20Br2. The summed E-state index contributed by atoms with van der Waals surface area (Å²) in [6, 6.07) is 0. The second-order valence-corrected chi connectivity index (χ2v) is 5.25. The van der Waals surface area contributed by atoms with Gasteiger partial charge >= 0.3 is 0 Å². The Morgan fingerprint density at radius 3 is 2.17 bits per heavy atom. The predicted octanol–water partition coefficient (Wildman–Crippen LogP) is 4.90. The molecule has 0 aromatic rings. The minimum absolute atomic E-state index is 0.684. The first-order valence-corrected chi connectivity index (χ1v) is 7.05. The Labute approximate surface area is 93.8 Å². The van der Waals surface area contributed by atoms with Crippen LogP contribution in [0.4, 0.5) is 0 Å². The molecule has 0 spiro atoms. The van der Waals surface area contributed by atoms with Crippen molar-refractivity contribution in [2.45, 2.75) is 56.7 Å². The zero-order chi connectivity index (χ0) is 9.23. The van der Waals surface area contributed by atoms with Crippen LogP contribution in [0.5, 0.6) is 0 Å². The van der Waals surface area contributed by atoms with Crippen molar-refractivity contribution in [3.8, 4) is 0 Å². The third-order valence-corrected chi connectivity index (χ3v) is 4.47. The van der Waals surface area contributed by atoms with Crippen molar-refractivity contribution in [2.75, 3.05) is 5.33 Å². The lowest BCUT2D eigenvalue weighted by molar-refractivity contribution is 0.591. The molecule has 0 unspecified atom stereocenters. The lowest BCUT2D eigenvalue weighted by Gasteiger charge is -2.04. The number of halogens is 2. The monoisotopic (exact) mass is 298 g/mol. The molecule has 0 aliphatic carbocycles. The first-order chi connectivity index (χ1) is 5.81. The molecule has 0 amide bonds. The van der Waals surface area contributed by atoms with Crippen LogP contribution in [0.25, 0.3) is 0 Å². The quantitative estimate of drug-likeness (QED) is 0.442. The average molecular weight is 300 g/mol. The van der Waals surface area contributed by atoms with Gasteiger partial charge in [-0.05, 0) is 6.42 Å². The molecule has 0 nitrogen and oxygen atoms in total. The molecule has 0 radical (unpaired) electrons. The lowest BCUT2D eigenvalue weighted by Crippen LogP contribution is -1.97. The molecular weight excluding hydrogens is 280 g/mol. The Hall–Kier alpha value is 0.960. The van der Waals surface area contributed by atoms with Crippen molar-refractivity contribution in [3.05, 3.63) is 0 Å². The van der Waals surface area contributed by atoms with Gasteiger partial charge in [0.25, 0.3) is 0 Å². The number of alkyl halides is 2. The van der Waals surface area contributed by atoms with Crippen LogP contribution >= 0.6 is 31.9 Å². The molecule has 0 aromatic heterocycles. The second-order valence-electron chi connectivity index (χ2n) is 3.31. The molecule has 0 aliphatic rings. The van der Waals surface area contributed by atoms with E-state index in [4.69, 9.17) is 0 Å². The normalized spacial score (nSPS) is 13.2. The van der Waals surface area contributed by atoms with Crippen LogP contribution in [-0.2, 0) is 0 Å². The smallest absolute Gasteiger partial charge is 0.0242 e. The van der Waals surface area contributed by atoms with Gasteiger partial charge in [-0.25, -0.2) is 0 Å². The molecule has 0 aromatic carbocycles. The van der Waals surface area contributed by atoms with Crippen LogP contribution < -0.4 is 0 Å². The van der Waals surface area contributed by atoms with E-state index in [1.165, 1.54) is 44.9 Å². The Bertz CT molecular complexity index is 83.9. The zero-order valence-electron chi connectivity index (χ0n) is 7.99. The van der Waals surface area contributed by atoms with Crippen molar-refractivity contribution in [3.63, 3.8) is 0 Å². The van der Waals surface area contributed by atoms with E-state index in [2.05, 4.69) is 38.8 Å². The Balaban J connectivity index is 2.90. The molecule has 0 saturated carbocycles. The third-order valence-electron chi connectivity index (χ3n) is 2.04. The largest absolute Gasteiger partial charge is 0.0916 e. The van der Waals surface area contributed by atoms with Gasteiger partial charge in [0.1, 0.15) is 0 Å². The van der Waals surface area contributed by atoms with Crippen LogP contribution in [0.1, 0.15) is 51.9 Å². The van der Waals surface area contributed by atoms with Gasteiger partial charge in [-0.1, -0.05) is 77.3 Å². The number of hydrogen-bond acceptors (Lipinski definition) is 0. The van der Waals surface area contributed by atoms with Crippen molar-refractivity contribution in [2.24, 2.45) is 0 Å². The first kappa shape index (κ1) is 13.0. The second kappa shape index (κ2) is 10.0. The highest BCUT2D eigenvalue weighted by atomic mass is 79.9. The van der Waals surface area contributed by atoms with E-state index in [9.17, 15) is 0 Å². The fourth-order valence-corrected chi connectivity index (χ4v) is 1.87. The summed E-state index contributed by atoms with van der Waals surface area (Å²) in [5.74, 6) is 0. The molecule has 74 valence electrons. The van der Waals surface area contributed by atoms with Crippen LogP contribution in [0.15, 0.2) is 0 Å². The number of hydrogen-bond donors (Lipinski definition) is 0. The van der Waals surface area contributed by atoms with Crippen LogP contribution in [0, 0.1) is 0 Å². The predicted molar refractivity (Wildman–Crippen MR) is 64.5 cm³/mol. The van der Waals surface area contributed by atoms with Gasteiger partial charge in [-0.2, -0.15) is 0 Å². The Kier molecular flexibility index (Phi) is 10.8. The summed E-state index contributed by atoms with van der Waals surface area (Å²) in [4.78, 5) is 0.684. The maximum atomic E-state index is 3.61. The van der Waals surface area contributed by atoms with Gasteiger partial charge in [0.05, 0.1) is 0 Å². The van der Waals surface area contributed by atoms with Gasteiger partial charge in [-0.15, -0.1) is 0 Å². The minimum atomic E-state index is 0.684. The van der Waals surface area contributed by atoms with E-state index in [1.807, 2.05) is 0 Å². The van der Waals surface area contributed by atoms with E-state index in [-0.39, 0.29) is 0 Å². The Morgan fingerprint density at radius 2 is 1.58 bits per heavy atom. The SMILES string of the molecule is CCCCCCCC[C@H](Br)CBr. The van der Waals surface area contributed by atoms with Crippen molar-refractivity contribution in [1.82, 2.24) is 0 Å². The highest BCUT2D eigenvalue weighted by Crippen LogP contribution is 2.14. The maximum absolute atomic E-state index is 3.61. The highest BCUT2D eigenvalue weighted by Gasteiger charge is 1.99. The topological polar surface area (TPSA) is 0 Å². The summed E-state index contributed by atoms with van der Waals surface area (Å²) in [6.45, 7) is 2.26. The first-order valence-electron chi connectivity index (χ1n) is 5.01. The van der Waals surface area contributed by atoms with Gasteiger partial charge in [0.2, 0.25) is 0 Å². The molecule has 0 aliphatic heterocycles. The summed E-state index contributed by atoms with van der Waals surface area (Å²) >= 11 is 7.07. The van der Waals surface area contributed by atoms with E-state index < -0.39 is 0 Å². The summed E-state index contributed by atoms with van der Waals surface area (Å²) < 4.78 is 0. The zero-order valence-corrected chi connectivity index (χ0v) is 11.2. The van der Waals surface area contributed by atoms with Crippen LogP contribution in [0.2, 0.25) is 0 Å². The highest BCUT2D eigenvalue weighted by molar-refractivity contribution is 9.12. The van der Waals surface area contributed by atoms with E-state index in [0.717, 1.165) is 5.33 Å². The van der Waals surface area contributed by atoms with Gasteiger partial charge < -0.3 is 0 Å². The van der Waals surface area contributed by atoms with Crippen molar-refractivity contribution >= 4 is 31.9 Å². The molecule has 0 heterocycles. The summed E-state index contributed by atoms with van der Waals surface area (Å²) in [5, 5.41) is 1.09. The van der Waals surface area contributed by atoms with E-state index >= 15 is 0 Å². The average Bonchev–Trinajstić information content (AvgIpc) is 2.10. The lowest BCUT2D eigenvalue weighted by atomic mass is 10.1. The van der Waals surface area contributed by atoms with E-state index in [0.29, 0.717) is 4.83 Å². The van der Waals surface area contributed by atoms with Crippen molar-refractivity contribution in [1.29, 1.82) is 0 Å². The summed E-state index contributed by atoms with van der Waals surface area (Å²) in [5.41, 5.74) is 0. The van der Waals surface area contributed by atoms with Gasteiger partial charge in [0, 0.05) is 10.2 Å². The molecule has 2 heteroatoms. The fraction of sp³-hybridized carbons (Fsp3) is 1.00. The summed E-state index contributed by atoms with van der Waals surface area (Å²) in [7, 11) is 0. The number of unbranched alkanes of at least 4 members (excludes halogenated alkanes) is 5. The molecule has 1 atom stereocenters. The molecule has 0 rings (SSSR count). The van der Waals surface area contributed by atoms with E-state index in [1.54, 1.807) is 0 Å². The van der Waals surface area contributed by atoms with Gasteiger partial charge in [0.15, 0.2) is 0 Å². The minimum Gasteiger partial charge on any atom is -0.0916 e. The third kappa shape index (κ3) is 9.05. The Morgan fingerprint density at radius 1 is 1.00 bits per heavy atom. The molecule has 0 bridgehead atoms. The maximum Gasteiger partial charge on any atom is 0.0242 e. The standard InChI is InChI=1S/C10H20Br2/c1-2-3-4-5-6-7-8-10(12)9-11/h10H,2-9H2,1H3/t10-/m0/s1. The fourth-order valence-electron chi connectivity index (χ4n) is 1.22. The molecule has 12 heavy (non-hydrogen) atoms. The molecule has 0 fully saturated rings. The van der Waals surface area contributed by atoms with Crippen LogP contribution in [-0.4, -0.2) is 10.2 Å².